The molecule has 0 bridgehead atoms. The lowest BCUT2D eigenvalue weighted by Gasteiger charge is -2.13. The number of carbonyl (C=O) groups excluding carboxylic acids is 1. The van der Waals surface area contributed by atoms with Gasteiger partial charge in [-0.3, -0.25) is 4.79 Å². The van der Waals surface area contributed by atoms with Gasteiger partial charge in [-0.15, -0.1) is 0 Å². The number of aromatic hydroxyl groups is 1. The average molecular weight is 238 g/mol. The molecule has 1 aliphatic heterocycles. The first-order valence-electron chi connectivity index (χ1n) is 5.40. The monoisotopic (exact) mass is 238 g/mol. The second kappa shape index (κ2) is 4.58. The lowest BCUT2D eigenvalue weighted by Crippen LogP contribution is -2.26. The smallest absolute Gasteiger partial charge is 0.343 e. The number of pyridine rings is 1. The minimum Gasteiger partial charge on any atom is -0.507 e. The molecule has 1 aromatic heterocycles. The van der Waals surface area contributed by atoms with Crippen LogP contribution in [-0.4, -0.2) is 35.8 Å². The molecule has 0 unspecified atom stereocenters. The zero-order chi connectivity index (χ0) is 12.4. The first-order chi connectivity index (χ1) is 8.15. The number of carbonyl (C=O) groups is 1. The highest BCUT2D eigenvalue weighted by Gasteiger charge is 2.22. The number of aromatic nitrogens is 1. The predicted molar refractivity (Wildman–Crippen MR) is 60.3 cm³/mol. The third kappa shape index (κ3) is 2.03. The highest BCUT2D eigenvalue weighted by atomic mass is 16.5. The van der Waals surface area contributed by atoms with Crippen LogP contribution in [0.3, 0.4) is 0 Å². The van der Waals surface area contributed by atoms with Gasteiger partial charge in [-0.25, -0.2) is 4.79 Å². The number of esters is 1. The molecular formula is C11H14N2O4. The summed E-state index contributed by atoms with van der Waals surface area (Å²) in [5.41, 5.74) is 0.330. The van der Waals surface area contributed by atoms with E-state index in [1.165, 1.54) is 11.7 Å². The van der Waals surface area contributed by atoms with E-state index in [1.54, 1.807) is 0 Å². The topological polar surface area (TPSA) is 80.6 Å². The van der Waals surface area contributed by atoms with Crippen LogP contribution in [0.25, 0.3) is 0 Å². The van der Waals surface area contributed by atoms with Crippen LogP contribution in [0.1, 0.15) is 16.1 Å². The van der Waals surface area contributed by atoms with Crippen LogP contribution in [0.15, 0.2) is 10.9 Å². The molecule has 0 aromatic carbocycles. The van der Waals surface area contributed by atoms with Gasteiger partial charge >= 0.3 is 5.97 Å². The fraction of sp³-hybridized carbons (Fsp3) is 0.455. The van der Waals surface area contributed by atoms with Gasteiger partial charge in [-0.2, -0.15) is 0 Å². The van der Waals surface area contributed by atoms with Crippen LogP contribution >= 0.6 is 0 Å². The maximum Gasteiger partial charge on any atom is 0.343 e. The normalized spacial score (nSPS) is 14.9. The van der Waals surface area contributed by atoms with Crippen LogP contribution in [0.2, 0.25) is 0 Å². The molecule has 0 saturated heterocycles. The van der Waals surface area contributed by atoms with Crippen molar-refractivity contribution in [2.75, 3.05) is 20.2 Å². The van der Waals surface area contributed by atoms with Gasteiger partial charge < -0.3 is 19.7 Å². The molecule has 92 valence electrons. The van der Waals surface area contributed by atoms with Gasteiger partial charge in [0.15, 0.2) is 0 Å². The molecule has 2 N–H and O–H groups in total. The third-order valence-electron chi connectivity index (χ3n) is 2.84. The van der Waals surface area contributed by atoms with Crippen molar-refractivity contribution in [2.45, 2.75) is 13.0 Å². The van der Waals surface area contributed by atoms with Crippen molar-refractivity contribution in [2.24, 2.45) is 0 Å². The summed E-state index contributed by atoms with van der Waals surface area (Å²) in [6, 6.07) is 1.06. The van der Waals surface area contributed by atoms with E-state index in [0.717, 1.165) is 6.07 Å². The van der Waals surface area contributed by atoms with Gasteiger partial charge in [0.25, 0.3) is 5.56 Å². The SMILES string of the molecule is COC(=O)c1c(O)cc(=O)n2c1CCNCC2. The van der Waals surface area contributed by atoms with E-state index in [4.69, 9.17) is 0 Å². The Morgan fingerprint density at radius 1 is 1.53 bits per heavy atom. The Kier molecular flexibility index (Phi) is 3.14. The molecule has 0 spiro atoms. The van der Waals surface area contributed by atoms with E-state index in [-0.39, 0.29) is 16.9 Å². The Balaban J connectivity index is 2.66. The largest absolute Gasteiger partial charge is 0.507 e. The Morgan fingerprint density at radius 2 is 2.29 bits per heavy atom. The molecule has 0 fully saturated rings. The summed E-state index contributed by atoms with van der Waals surface area (Å²) in [5, 5.41) is 12.8. The van der Waals surface area contributed by atoms with E-state index in [0.29, 0.717) is 31.7 Å². The molecule has 0 aliphatic carbocycles. The molecule has 0 amide bonds. The number of ether oxygens (including phenoxy) is 1. The van der Waals surface area contributed by atoms with Crippen LogP contribution in [-0.2, 0) is 17.7 Å². The summed E-state index contributed by atoms with van der Waals surface area (Å²) in [4.78, 5) is 23.3. The molecule has 17 heavy (non-hydrogen) atoms. The number of methoxy groups -OCH3 is 1. The third-order valence-corrected chi connectivity index (χ3v) is 2.84. The highest BCUT2D eigenvalue weighted by Crippen LogP contribution is 2.21. The van der Waals surface area contributed by atoms with Crippen molar-refractivity contribution in [3.8, 4) is 5.75 Å². The van der Waals surface area contributed by atoms with E-state index >= 15 is 0 Å². The average Bonchev–Trinajstić information content (AvgIpc) is 2.54. The van der Waals surface area contributed by atoms with E-state index in [2.05, 4.69) is 10.1 Å². The molecule has 0 atom stereocenters. The lowest BCUT2D eigenvalue weighted by atomic mass is 10.1. The predicted octanol–water partition coefficient (Wildman–Crippen LogP) is -0.514. The number of hydrogen-bond acceptors (Lipinski definition) is 5. The fourth-order valence-corrected chi connectivity index (χ4v) is 2.04. The van der Waals surface area contributed by atoms with Gasteiger partial charge in [0.05, 0.1) is 7.11 Å². The Labute approximate surface area is 97.8 Å². The van der Waals surface area contributed by atoms with Gasteiger partial charge in [-0.05, 0) is 0 Å². The van der Waals surface area contributed by atoms with Crippen LogP contribution in [0.4, 0.5) is 0 Å². The minimum absolute atomic E-state index is 0.0933. The second-order valence-corrected chi connectivity index (χ2v) is 3.83. The zero-order valence-electron chi connectivity index (χ0n) is 9.52. The van der Waals surface area contributed by atoms with E-state index in [9.17, 15) is 14.7 Å². The summed E-state index contributed by atoms with van der Waals surface area (Å²) in [5.74, 6) is -0.928. The molecule has 1 aliphatic rings. The van der Waals surface area contributed by atoms with Crippen molar-refractivity contribution in [3.05, 3.63) is 27.7 Å². The van der Waals surface area contributed by atoms with E-state index < -0.39 is 5.97 Å². The van der Waals surface area contributed by atoms with Crippen LogP contribution < -0.4 is 10.9 Å². The molecule has 0 saturated carbocycles. The molecule has 0 radical (unpaired) electrons. The standard InChI is InChI=1S/C11H14N2O4/c1-17-11(16)10-7-2-3-12-4-5-13(7)9(15)6-8(10)14/h6,12,14H,2-5H2,1H3. The van der Waals surface area contributed by atoms with Crippen molar-refractivity contribution in [1.82, 2.24) is 9.88 Å². The number of rotatable bonds is 1. The summed E-state index contributed by atoms with van der Waals surface area (Å²) >= 11 is 0. The molecule has 2 heterocycles. The second-order valence-electron chi connectivity index (χ2n) is 3.83. The Morgan fingerprint density at radius 3 is 3.00 bits per heavy atom. The lowest BCUT2D eigenvalue weighted by molar-refractivity contribution is 0.0594. The number of nitrogens with zero attached hydrogens (tertiary/aromatic N) is 1. The van der Waals surface area contributed by atoms with Gasteiger partial charge in [-0.1, -0.05) is 0 Å². The quantitative estimate of drug-likeness (QED) is 0.644. The van der Waals surface area contributed by atoms with Gasteiger partial charge in [0.2, 0.25) is 0 Å². The number of hydrogen-bond donors (Lipinski definition) is 2. The Hall–Kier alpha value is -1.82. The van der Waals surface area contributed by atoms with Crippen molar-refractivity contribution in [3.63, 3.8) is 0 Å². The molecule has 2 rings (SSSR count). The molecule has 6 heteroatoms. The number of fused-ring (bicyclic) bond motifs is 1. The Bertz CT molecular complexity index is 507. The maximum atomic E-state index is 11.7. The van der Waals surface area contributed by atoms with Crippen LogP contribution in [0.5, 0.6) is 5.75 Å². The first kappa shape index (κ1) is 11.7. The highest BCUT2D eigenvalue weighted by molar-refractivity contribution is 5.93. The summed E-state index contributed by atoms with van der Waals surface area (Å²) < 4.78 is 6.14. The zero-order valence-corrected chi connectivity index (χ0v) is 9.52. The fourth-order valence-electron chi connectivity index (χ4n) is 2.04. The molecular weight excluding hydrogens is 224 g/mol. The van der Waals surface area contributed by atoms with Crippen molar-refractivity contribution < 1.29 is 14.6 Å². The van der Waals surface area contributed by atoms with Crippen LogP contribution in [0, 0.1) is 0 Å². The summed E-state index contributed by atoms with van der Waals surface area (Å²) in [6.07, 6.45) is 0.508. The van der Waals surface area contributed by atoms with Crippen molar-refractivity contribution in [1.29, 1.82) is 0 Å². The van der Waals surface area contributed by atoms with Crippen molar-refractivity contribution >= 4 is 5.97 Å². The molecule has 6 nitrogen and oxygen atoms in total. The van der Waals surface area contributed by atoms with Gasteiger partial charge in [0.1, 0.15) is 11.3 Å². The van der Waals surface area contributed by atoms with E-state index in [1.807, 2.05) is 0 Å². The molecule has 1 aromatic rings. The maximum absolute atomic E-state index is 11.7. The summed E-state index contributed by atoms with van der Waals surface area (Å²) in [6.45, 7) is 1.81. The van der Waals surface area contributed by atoms with Gasteiger partial charge in [0, 0.05) is 37.8 Å². The minimum atomic E-state index is -0.617. The summed E-state index contributed by atoms with van der Waals surface area (Å²) in [7, 11) is 1.25. The first-order valence-corrected chi connectivity index (χ1v) is 5.40. The number of nitrogens with one attached hydrogen (secondary N) is 1.